The Hall–Kier alpha value is -2.42. The molecule has 0 aliphatic rings. The molecule has 142 valence electrons. The second-order valence-electron chi connectivity index (χ2n) is 6.13. The molecule has 2 heterocycles. The number of fused-ring (bicyclic) bond motifs is 1. The van der Waals surface area contributed by atoms with Gasteiger partial charge in [0.15, 0.2) is 0 Å². The molecule has 3 aromatic rings. The Morgan fingerprint density at radius 2 is 2.04 bits per heavy atom. The van der Waals surface area contributed by atoms with Crippen LogP contribution >= 0.6 is 11.6 Å². The quantitative estimate of drug-likeness (QED) is 0.680. The van der Waals surface area contributed by atoms with E-state index in [0.29, 0.717) is 13.0 Å². The van der Waals surface area contributed by atoms with Gasteiger partial charge in [-0.15, -0.1) is 0 Å². The van der Waals surface area contributed by atoms with Gasteiger partial charge in [-0.05, 0) is 30.3 Å². The Morgan fingerprint density at radius 3 is 2.74 bits per heavy atom. The van der Waals surface area contributed by atoms with Crippen LogP contribution in [0.2, 0.25) is 5.02 Å². The van der Waals surface area contributed by atoms with Crippen LogP contribution in [-0.2, 0) is 16.4 Å². The average molecular weight is 407 g/mol. The van der Waals surface area contributed by atoms with E-state index in [1.54, 1.807) is 0 Å². The molecule has 0 radical (unpaired) electrons. The van der Waals surface area contributed by atoms with Crippen molar-refractivity contribution in [1.29, 1.82) is 0 Å². The molecule has 0 spiro atoms. The Balaban J connectivity index is 1.70. The lowest BCUT2D eigenvalue weighted by Gasteiger charge is -2.13. The summed E-state index contributed by atoms with van der Waals surface area (Å²) in [6.07, 6.45) is 4.35. The van der Waals surface area contributed by atoms with Gasteiger partial charge in [0.2, 0.25) is 10.0 Å². The van der Waals surface area contributed by atoms with Crippen molar-refractivity contribution in [2.75, 3.05) is 20.6 Å². The van der Waals surface area contributed by atoms with Crippen LogP contribution in [0.25, 0.3) is 5.65 Å². The number of amides is 1. The monoisotopic (exact) mass is 406 g/mol. The molecule has 0 aliphatic carbocycles. The van der Waals surface area contributed by atoms with E-state index >= 15 is 0 Å². The summed E-state index contributed by atoms with van der Waals surface area (Å²) >= 11 is 6.09. The highest BCUT2D eigenvalue weighted by molar-refractivity contribution is 7.89. The van der Waals surface area contributed by atoms with Gasteiger partial charge < -0.3 is 9.72 Å². The molecule has 0 fully saturated rings. The number of imidazole rings is 1. The standard InChI is InChI=1S/C18H19ClN4O3S/c1-22(2)27(25,26)14-6-7-16(19)15(11-14)18(24)20-9-8-13-12-23-10-4-3-5-17(23)21-13/h3-7,10-12H,8-9H2,1-2H3,(H,20,24). The molecule has 0 bridgehead atoms. The van der Waals surface area contributed by atoms with Crippen LogP contribution in [0.3, 0.4) is 0 Å². The topological polar surface area (TPSA) is 83.8 Å². The Bertz CT molecular complexity index is 1060. The van der Waals surface area contributed by atoms with Gasteiger partial charge in [-0.25, -0.2) is 17.7 Å². The zero-order valence-corrected chi connectivity index (χ0v) is 16.5. The summed E-state index contributed by atoms with van der Waals surface area (Å²) in [5.41, 5.74) is 1.80. The van der Waals surface area contributed by atoms with Gasteiger partial charge in [0.05, 0.1) is 21.2 Å². The van der Waals surface area contributed by atoms with Gasteiger partial charge in [0.25, 0.3) is 5.91 Å². The van der Waals surface area contributed by atoms with E-state index in [9.17, 15) is 13.2 Å². The van der Waals surface area contributed by atoms with Crippen molar-refractivity contribution in [3.8, 4) is 0 Å². The molecular weight excluding hydrogens is 388 g/mol. The van der Waals surface area contributed by atoms with Crippen molar-refractivity contribution in [3.63, 3.8) is 0 Å². The number of halogens is 1. The van der Waals surface area contributed by atoms with E-state index in [2.05, 4.69) is 10.3 Å². The summed E-state index contributed by atoms with van der Waals surface area (Å²) in [5.74, 6) is -0.431. The summed E-state index contributed by atoms with van der Waals surface area (Å²) in [6, 6.07) is 9.80. The van der Waals surface area contributed by atoms with Crippen molar-refractivity contribution >= 4 is 33.2 Å². The first-order valence-electron chi connectivity index (χ1n) is 8.22. The summed E-state index contributed by atoms with van der Waals surface area (Å²) in [5, 5.41) is 2.95. The minimum absolute atomic E-state index is 0.0161. The number of nitrogens with one attached hydrogen (secondary N) is 1. The maximum Gasteiger partial charge on any atom is 0.252 e. The van der Waals surface area contributed by atoms with Gasteiger partial charge in [-0.3, -0.25) is 4.79 Å². The van der Waals surface area contributed by atoms with Crippen LogP contribution in [0.5, 0.6) is 0 Å². The first kappa shape index (κ1) is 19.3. The summed E-state index contributed by atoms with van der Waals surface area (Å²) in [7, 11) is -0.788. The lowest BCUT2D eigenvalue weighted by atomic mass is 10.2. The van der Waals surface area contributed by atoms with E-state index in [4.69, 9.17) is 11.6 Å². The van der Waals surface area contributed by atoms with Crippen molar-refractivity contribution < 1.29 is 13.2 Å². The number of pyridine rings is 1. The largest absolute Gasteiger partial charge is 0.352 e. The second kappa shape index (κ2) is 7.67. The molecule has 27 heavy (non-hydrogen) atoms. The molecule has 0 aliphatic heterocycles. The predicted octanol–water partition coefficient (Wildman–Crippen LogP) is 2.21. The van der Waals surface area contributed by atoms with E-state index < -0.39 is 15.9 Å². The Labute approximate surface area is 162 Å². The fraction of sp³-hybridized carbons (Fsp3) is 0.222. The highest BCUT2D eigenvalue weighted by atomic mass is 35.5. The molecule has 0 saturated heterocycles. The normalized spacial score (nSPS) is 11.9. The smallest absolute Gasteiger partial charge is 0.252 e. The van der Waals surface area contributed by atoms with Crippen LogP contribution in [0.15, 0.2) is 53.7 Å². The second-order valence-corrected chi connectivity index (χ2v) is 8.69. The number of rotatable bonds is 6. The SMILES string of the molecule is CN(C)S(=O)(=O)c1ccc(Cl)c(C(=O)NCCc2cn3ccccc3n2)c1. The van der Waals surface area contributed by atoms with Crippen molar-refractivity contribution in [3.05, 3.63) is 65.1 Å². The molecular formula is C18H19ClN4O3S. The van der Waals surface area contributed by atoms with Crippen LogP contribution in [0, 0.1) is 0 Å². The number of carbonyl (C=O) groups excluding carboxylic acids is 1. The third kappa shape index (κ3) is 4.13. The van der Waals surface area contributed by atoms with Crippen LogP contribution in [-0.4, -0.2) is 48.7 Å². The number of hydrogen-bond donors (Lipinski definition) is 1. The van der Waals surface area contributed by atoms with Gasteiger partial charge in [-0.2, -0.15) is 0 Å². The molecule has 1 amide bonds. The van der Waals surface area contributed by atoms with Crippen molar-refractivity contribution in [2.24, 2.45) is 0 Å². The molecule has 3 rings (SSSR count). The Kier molecular flexibility index (Phi) is 5.50. The summed E-state index contributed by atoms with van der Waals surface area (Å²) in [6.45, 7) is 0.351. The number of sulfonamides is 1. The highest BCUT2D eigenvalue weighted by Gasteiger charge is 2.20. The molecule has 2 aromatic heterocycles. The number of benzene rings is 1. The van der Waals surface area contributed by atoms with Gasteiger partial charge in [0.1, 0.15) is 5.65 Å². The molecule has 1 N–H and O–H groups in total. The van der Waals surface area contributed by atoms with E-state index in [1.807, 2.05) is 35.0 Å². The maximum atomic E-state index is 12.4. The molecule has 0 atom stereocenters. The zero-order valence-electron chi connectivity index (χ0n) is 14.9. The number of aromatic nitrogens is 2. The van der Waals surface area contributed by atoms with E-state index in [0.717, 1.165) is 15.6 Å². The third-order valence-corrected chi connectivity index (χ3v) is 6.18. The predicted molar refractivity (Wildman–Crippen MR) is 104 cm³/mol. The molecule has 7 nitrogen and oxygen atoms in total. The number of nitrogens with zero attached hydrogens (tertiary/aromatic N) is 3. The van der Waals surface area contributed by atoms with Crippen molar-refractivity contribution in [2.45, 2.75) is 11.3 Å². The van der Waals surface area contributed by atoms with E-state index in [1.165, 1.54) is 32.3 Å². The van der Waals surface area contributed by atoms with Crippen molar-refractivity contribution in [1.82, 2.24) is 19.0 Å². The van der Waals surface area contributed by atoms with Crippen LogP contribution in [0.1, 0.15) is 16.1 Å². The van der Waals surface area contributed by atoms with Gasteiger partial charge in [0, 0.05) is 39.5 Å². The zero-order chi connectivity index (χ0) is 19.6. The molecule has 9 heteroatoms. The molecule has 0 saturated carbocycles. The summed E-state index contributed by atoms with van der Waals surface area (Å²) in [4.78, 5) is 16.9. The number of carbonyl (C=O) groups is 1. The van der Waals surface area contributed by atoms with Gasteiger partial charge in [-0.1, -0.05) is 17.7 Å². The molecule has 0 unspecified atom stereocenters. The minimum atomic E-state index is -3.65. The lowest BCUT2D eigenvalue weighted by Crippen LogP contribution is -2.27. The first-order chi connectivity index (χ1) is 12.8. The highest BCUT2D eigenvalue weighted by Crippen LogP contribution is 2.22. The fourth-order valence-electron chi connectivity index (χ4n) is 2.56. The van der Waals surface area contributed by atoms with E-state index in [-0.39, 0.29) is 15.5 Å². The first-order valence-corrected chi connectivity index (χ1v) is 10.0. The molecule has 1 aromatic carbocycles. The van der Waals surface area contributed by atoms with Crippen LogP contribution < -0.4 is 5.32 Å². The lowest BCUT2D eigenvalue weighted by molar-refractivity contribution is 0.0954. The summed E-state index contributed by atoms with van der Waals surface area (Å²) < 4.78 is 27.5. The minimum Gasteiger partial charge on any atom is -0.352 e. The van der Waals surface area contributed by atoms with Crippen LogP contribution in [0.4, 0.5) is 0 Å². The Morgan fingerprint density at radius 1 is 1.26 bits per heavy atom. The van der Waals surface area contributed by atoms with Gasteiger partial charge >= 0.3 is 0 Å². The maximum absolute atomic E-state index is 12.4. The fourth-order valence-corrected chi connectivity index (χ4v) is 3.69. The number of hydrogen-bond acceptors (Lipinski definition) is 4. The third-order valence-electron chi connectivity index (χ3n) is 4.04. The average Bonchev–Trinajstić information content (AvgIpc) is 3.04.